The molecule has 6 heteroatoms. The van der Waals surface area contributed by atoms with Crippen LogP contribution in [0.25, 0.3) is 0 Å². The smallest absolute Gasteiger partial charge is 0.184 e. The number of rotatable bonds is 5. The van der Waals surface area contributed by atoms with Crippen LogP contribution in [0.15, 0.2) is 24.8 Å². The minimum atomic E-state index is 0.426. The molecule has 2 N–H and O–H groups in total. The minimum Gasteiger partial charge on any atom is -0.493 e. The summed E-state index contributed by atoms with van der Waals surface area (Å²) in [7, 11) is 3.20. The Bertz CT molecular complexity index is 525. The van der Waals surface area contributed by atoms with Crippen LogP contribution in [0, 0.1) is 0 Å². The summed E-state index contributed by atoms with van der Waals surface area (Å²) in [6.45, 7) is 0.989. The van der Waals surface area contributed by atoms with Crippen molar-refractivity contribution in [3.8, 4) is 11.5 Å². The van der Waals surface area contributed by atoms with E-state index in [1.165, 1.54) is 0 Å². The van der Waals surface area contributed by atoms with Gasteiger partial charge in [-0.25, -0.2) is 4.98 Å². The van der Waals surface area contributed by atoms with Crippen LogP contribution in [0.4, 0.5) is 0 Å². The lowest BCUT2D eigenvalue weighted by atomic mass is 10.3. The fraction of sp³-hybridized carbons (Fsp3) is 0.333. The van der Waals surface area contributed by atoms with E-state index in [9.17, 15) is 0 Å². The van der Waals surface area contributed by atoms with Crippen LogP contribution in [0.1, 0.15) is 11.4 Å². The van der Waals surface area contributed by atoms with E-state index in [-0.39, 0.29) is 0 Å². The maximum absolute atomic E-state index is 5.52. The summed E-state index contributed by atoms with van der Waals surface area (Å²) in [5, 5.41) is 0. The van der Waals surface area contributed by atoms with E-state index in [4.69, 9.17) is 15.2 Å². The highest BCUT2D eigenvalue weighted by atomic mass is 16.5. The zero-order valence-electron chi connectivity index (χ0n) is 10.5. The van der Waals surface area contributed by atoms with E-state index in [1.807, 2.05) is 10.8 Å². The van der Waals surface area contributed by atoms with Gasteiger partial charge in [-0.05, 0) is 0 Å². The zero-order chi connectivity index (χ0) is 13.0. The molecule has 0 saturated heterocycles. The van der Waals surface area contributed by atoms with E-state index in [0.29, 0.717) is 24.6 Å². The van der Waals surface area contributed by atoms with Crippen LogP contribution in [-0.2, 0) is 13.1 Å². The average Bonchev–Trinajstić information content (AvgIpc) is 2.86. The second-order valence-electron chi connectivity index (χ2n) is 3.73. The first kappa shape index (κ1) is 12.4. The highest BCUT2D eigenvalue weighted by molar-refractivity contribution is 5.42. The quantitative estimate of drug-likeness (QED) is 0.847. The number of hydrogen-bond acceptors (Lipinski definition) is 5. The molecular formula is C12H16N4O2. The van der Waals surface area contributed by atoms with Crippen LogP contribution < -0.4 is 15.2 Å². The monoisotopic (exact) mass is 248 g/mol. The summed E-state index contributed by atoms with van der Waals surface area (Å²) in [5.74, 6) is 1.31. The van der Waals surface area contributed by atoms with Gasteiger partial charge in [0, 0.05) is 25.0 Å². The molecule has 0 bridgehead atoms. The molecule has 0 fully saturated rings. The SMILES string of the molecule is COc1ccnc(Cn2cnc(CN)c2)c1OC. The van der Waals surface area contributed by atoms with Crippen molar-refractivity contribution in [2.24, 2.45) is 5.73 Å². The van der Waals surface area contributed by atoms with Crippen LogP contribution in [0.5, 0.6) is 11.5 Å². The fourth-order valence-electron chi connectivity index (χ4n) is 1.73. The number of nitrogens with zero attached hydrogens (tertiary/aromatic N) is 3. The van der Waals surface area contributed by atoms with Crippen LogP contribution >= 0.6 is 0 Å². The third kappa shape index (κ3) is 2.43. The predicted octanol–water partition coefficient (Wildman–Crippen LogP) is 0.802. The average molecular weight is 248 g/mol. The van der Waals surface area contributed by atoms with Gasteiger partial charge in [0.15, 0.2) is 11.5 Å². The third-order valence-corrected chi connectivity index (χ3v) is 2.59. The number of ether oxygens (including phenoxy) is 2. The molecule has 18 heavy (non-hydrogen) atoms. The summed E-state index contributed by atoms with van der Waals surface area (Å²) < 4.78 is 12.5. The van der Waals surface area contributed by atoms with Gasteiger partial charge in [0.05, 0.1) is 32.8 Å². The van der Waals surface area contributed by atoms with E-state index in [0.717, 1.165) is 11.4 Å². The van der Waals surface area contributed by atoms with Crippen molar-refractivity contribution in [1.29, 1.82) is 0 Å². The molecule has 2 aromatic rings. The summed E-state index contributed by atoms with van der Waals surface area (Å²) >= 11 is 0. The number of nitrogens with two attached hydrogens (primary N) is 1. The van der Waals surface area contributed by atoms with E-state index < -0.39 is 0 Å². The Hall–Kier alpha value is -2.08. The molecule has 0 radical (unpaired) electrons. The van der Waals surface area contributed by atoms with Gasteiger partial charge in [0.1, 0.15) is 5.69 Å². The second-order valence-corrected chi connectivity index (χ2v) is 3.73. The van der Waals surface area contributed by atoms with Crippen molar-refractivity contribution in [1.82, 2.24) is 14.5 Å². The Morgan fingerprint density at radius 1 is 1.28 bits per heavy atom. The number of hydrogen-bond donors (Lipinski definition) is 1. The molecule has 0 atom stereocenters. The summed E-state index contributed by atoms with van der Waals surface area (Å²) in [5.41, 5.74) is 7.16. The molecule has 2 rings (SSSR count). The van der Waals surface area contributed by atoms with Gasteiger partial charge in [0.25, 0.3) is 0 Å². The lowest BCUT2D eigenvalue weighted by Gasteiger charge is -2.11. The second kappa shape index (κ2) is 5.50. The maximum Gasteiger partial charge on any atom is 0.184 e. The summed E-state index contributed by atoms with van der Waals surface area (Å²) in [6.07, 6.45) is 5.31. The Morgan fingerprint density at radius 2 is 2.11 bits per heavy atom. The highest BCUT2D eigenvalue weighted by Gasteiger charge is 2.11. The molecule has 0 aliphatic carbocycles. The first-order valence-corrected chi connectivity index (χ1v) is 5.55. The minimum absolute atomic E-state index is 0.426. The molecule has 0 aromatic carbocycles. The molecule has 6 nitrogen and oxygen atoms in total. The molecule has 2 heterocycles. The van der Waals surface area contributed by atoms with Crippen molar-refractivity contribution in [2.75, 3.05) is 14.2 Å². The van der Waals surface area contributed by atoms with E-state index in [1.54, 1.807) is 32.8 Å². The molecule has 0 saturated carbocycles. The van der Waals surface area contributed by atoms with Crippen LogP contribution in [0.2, 0.25) is 0 Å². The van der Waals surface area contributed by atoms with Gasteiger partial charge in [-0.15, -0.1) is 0 Å². The van der Waals surface area contributed by atoms with Crippen molar-refractivity contribution < 1.29 is 9.47 Å². The van der Waals surface area contributed by atoms with Gasteiger partial charge in [0.2, 0.25) is 0 Å². The number of methoxy groups -OCH3 is 2. The van der Waals surface area contributed by atoms with Crippen molar-refractivity contribution in [3.05, 3.63) is 36.2 Å². The van der Waals surface area contributed by atoms with Gasteiger partial charge < -0.3 is 19.8 Å². The van der Waals surface area contributed by atoms with Crippen LogP contribution in [-0.4, -0.2) is 28.8 Å². The van der Waals surface area contributed by atoms with Crippen molar-refractivity contribution in [3.63, 3.8) is 0 Å². The molecular weight excluding hydrogens is 232 g/mol. The molecule has 0 aliphatic heterocycles. The van der Waals surface area contributed by atoms with Crippen LogP contribution in [0.3, 0.4) is 0 Å². The Balaban J connectivity index is 2.28. The number of aromatic nitrogens is 3. The van der Waals surface area contributed by atoms with Gasteiger partial charge in [-0.3, -0.25) is 4.98 Å². The third-order valence-electron chi connectivity index (χ3n) is 2.59. The summed E-state index contributed by atoms with van der Waals surface area (Å²) in [6, 6.07) is 1.77. The molecule has 0 aliphatic rings. The first-order valence-electron chi connectivity index (χ1n) is 5.55. The van der Waals surface area contributed by atoms with Crippen molar-refractivity contribution in [2.45, 2.75) is 13.1 Å². The Labute approximate surface area is 105 Å². The lowest BCUT2D eigenvalue weighted by Crippen LogP contribution is -2.04. The number of pyridine rings is 1. The zero-order valence-corrected chi connectivity index (χ0v) is 10.5. The normalized spacial score (nSPS) is 10.4. The van der Waals surface area contributed by atoms with Gasteiger partial charge >= 0.3 is 0 Å². The molecule has 2 aromatic heterocycles. The Kier molecular flexibility index (Phi) is 3.78. The maximum atomic E-state index is 5.52. The molecule has 96 valence electrons. The molecule has 0 unspecified atom stereocenters. The standard InChI is InChI=1S/C12H16N4O2/c1-17-11-3-4-14-10(12(11)18-2)7-16-6-9(5-13)15-8-16/h3-4,6,8H,5,7,13H2,1-2H3. The van der Waals surface area contributed by atoms with E-state index in [2.05, 4.69) is 9.97 Å². The van der Waals surface area contributed by atoms with Gasteiger partial charge in [-0.1, -0.05) is 0 Å². The number of imidazole rings is 1. The fourth-order valence-corrected chi connectivity index (χ4v) is 1.73. The topological polar surface area (TPSA) is 75.2 Å². The van der Waals surface area contributed by atoms with E-state index >= 15 is 0 Å². The lowest BCUT2D eigenvalue weighted by molar-refractivity contribution is 0.348. The first-order chi connectivity index (χ1) is 8.78. The Morgan fingerprint density at radius 3 is 2.72 bits per heavy atom. The molecule has 0 amide bonds. The molecule has 0 spiro atoms. The summed E-state index contributed by atoms with van der Waals surface area (Å²) in [4.78, 5) is 8.47. The highest BCUT2D eigenvalue weighted by Crippen LogP contribution is 2.29. The van der Waals surface area contributed by atoms with Crippen molar-refractivity contribution >= 4 is 0 Å². The largest absolute Gasteiger partial charge is 0.493 e. The predicted molar refractivity (Wildman–Crippen MR) is 66.6 cm³/mol. The van der Waals surface area contributed by atoms with Gasteiger partial charge in [-0.2, -0.15) is 0 Å².